The first-order chi connectivity index (χ1) is 12.4. The topological polar surface area (TPSA) is 72.5 Å². The number of nitrogens with one attached hydrogen (secondary N) is 1. The summed E-state index contributed by atoms with van der Waals surface area (Å²) in [6, 6.07) is 12.5. The third-order valence-electron chi connectivity index (χ3n) is 3.53. The van der Waals surface area contributed by atoms with E-state index in [1.165, 1.54) is 18.7 Å². The molecule has 6 heteroatoms. The van der Waals surface area contributed by atoms with E-state index in [2.05, 4.69) is 5.32 Å². The van der Waals surface area contributed by atoms with Crippen molar-refractivity contribution in [2.75, 3.05) is 17.7 Å². The second kappa shape index (κ2) is 9.20. The van der Waals surface area contributed by atoms with Crippen LogP contribution in [0.25, 0.3) is 0 Å². The van der Waals surface area contributed by atoms with Crippen LogP contribution in [-0.2, 0) is 14.3 Å². The SMILES string of the molecule is CC(=O)CSc1ccccc1C(=O)OCC(=O)Nc1ccc(C)cc1C. The van der Waals surface area contributed by atoms with Crippen molar-refractivity contribution < 1.29 is 19.1 Å². The first kappa shape index (κ1) is 19.7. The Hall–Kier alpha value is -2.60. The van der Waals surface area contributed by atoms with Crippen LogP contribution in [0.1, 0.15) is 28.4 Å². The van der Waals surface area contributed by atoms with Crippen molar-refractivity contribution in [1.82, 2.24) is 0 Å². The summed E-state index contributed by atoms with van der Waals surface area (Å²) >= 11 is 1.27. The minimum absolute atomic E-state index is 0.0195. The number of amides is 1. The molecule has 0 saturated heterocycles. The molecule has 1 N–H and O–H groups in total. The Bertz CT molecular complexity index is 832. The van der Waals surface area contributed by atoms with E-state index in [0.29, 0.717) is 16.1 Å². The third kappa shape index (κ3) is 5.74. The van der Waals surface area contributed by atoms with Gasteiger partial charge in [-0.25, -0.2) is 4.79 Å². The van der Waals surface area contributed by atoms with E-state index in [1.54, 1.807) is 24.3 Å². The molecular formula is C20H21NO4S. The van der Waals surface area contributed by atoms with Crippen LogP contribution < -0.4 is 5.32 Å². The second-order valence-electron chi connectivity index (χ2n) is 5.93. The molecule has 0 saturated carbocycles. The molecule has 0 spiro atoms. The van der Waals surface area contributed by atoms with Gasteiger partial charge in [0.15, 0.2) is 6.61 Å². The van der Waals surface area contributed by atoms with E-state index in [9.17, 15) is 14.4 Å². The first-order valence-electron chi connectivity index (χ1n) is 8.12. The van der Waals surface area contributed by atoms with Gasteiger partial charge >= 0.3 is 5.97 Å². The maximum Gasteiger partial charge on any atom is 0.339 e. The molecule has 0 fully saturated rings. The molecule has 136 valence electrons. The lowest BCUT2D eigenvalue weighted by molar-refractivity contribution is -0.119. The number of anilines is 1. The van der Waals surface area contributed by atoms with Gasteiger partial charge in [-0.15, -0.1) is 11.8 Å². The van der Waals surface area contributed by atoms with Crippen LogP contribution in [0.4, 0.5) is 5.69 Å². The molecule has 2 aromatic rings. The Morgan fingerprint density at radius 1 is 1.08 bits per heavy atom. The summed E-state index contributed by atoms with van der Waals surface area (Å²) in [5.41, 5.74) is 3.08. The molecule has 0 aliphatic rings. The maximum atomic E-state index is 12.3. The summed E-state index contributed by atoms with van der Waals surface area (Å²) < 4.78 is 5.12. The smallest absolute Gasteiger partial charge is 0.339 e. The van der Waals surface area contributed by atoms with E-state index in [0.717, 1.165) is 11.1 Å². The highest BCUT2D eigenvalue weighted by Crippen LogP contribution is 2.23. The number of hydrogen-bond donors (Lipinski definition) is 1. The van der Waals surface area contributed by atoms with Gasteiger partial charge in [-0.1, -0.05) is 29.8 Å². The van der Waals surface area contributed by atoms with Gasteiger partial charge in [0.25, 0.3) is 5.91 Å². The summed E-state index contributed by atoms with van der Waals surface area (Å²) in [6.07, 6.45) is 0. The molecule has 1 amide bonds. The standard InChI is InChI=1S/C20H21NO4S/c1-13-8-9-17(14(2)10-13)21-19(23)11-25-20(24)16-6-4-5-7-18(16)26-12-15(3)22/h4-10H,11-12H2,1-3H3,(H,21,23). The Labute approximate surface area is 157 Å². The predicted molar refractivity (Wildman–Crippen MR) is 103 cm³/mol. The molecule has 0 radical (unpaired) electrons. The average molecular weight is 371 g/mol. The van der Waals surface area contributed by atoms with Crippen LogP contribution in [0.2, 0.25) is 0 Å². The number of aryl methyl sites for hydroxylation is 2. The van der Waals surface area contributed by atoms with Crippen molar-refractivity contribution in [3.05, 3.63) is 59.2 Å². The van der Waals surface area contributed by atoms with Crippen molar-refractivity contribution in [1.29, 1.82) is 0 Å². The fourth-order valence-electron chi connectivity index (χ4n) is 2.29. The molecule has 2 rings (SSSR count). The van der Waals surface area contributed by atoms with Crippen molar-refractivity contribution in [3.8, 4) is 0 Å². The van der Waals surface area contributed by atoms with Crippen LogP contribution >= 0.6 is 11.8 Å². The lowest BCUT2D eigenvalue weighted by Crippen LogP contribution is -2.21. The quantitative estimate of drug-likeness (QED) is 0.592. The number of Topliss-reactive ketones (excluding diaryl/α,β-unsaturated/α-hetero) is 1. The van der Waals surface area contributed by atoms with Crippen molar-refractivity contribution in [2.45, 2.75) is 25.7 Å². The summed E-state index contributed by atoms with van der Waals surface area (Å²) in [6.45, 7) is 4.99. The number of thioether (sulfide) groups is 1. The number of esters is 1. The van der Waals surface area contributed by atoms with Gasteiger partial charge in [-0.2, -0.15) is 0 Å². The van der Waals surface area contributed by atoms with Gasteiger partial charge in [0, 0.05) is 10.6 Å². The Morgan fingerprint density at radius 3 is 2.50 bits per heavy atom. The molecular weight excluding hydrogens is 350 g/mol. The molecule has 0 atom stereocenters. The Morgan fingerprint density at radius 2 is 1.81 bits per heavy atom. The van der Waals surface area contributed by atoms with Crippen molar-refractivity contribution in [3.63, 3.8) is 0 Å². The van der Waals surface area contributed by atoms with E-state index in [4.69, 9.17) is 4.74 Å². The molecule has 0 aliphatic carbocycles. The largest absolute Gasteiger partial charge is 0.452 e. The van der Waals surface area contributed by atoms with Crippen molar-refractivity contribution >= 4 is 35.1 Å². The number of carbonyl (C=O) groups excluding carboxylic acids is 3. The zero-order chi connectivity index (χ0) is 19.1. The number of ketones is 1. The van der Waals surface area contributed by atoms with Crippen LogP contribution in [0, 0.1) is 13.8 Å². The molecule has 0 unspecified atom stereocenters. The van der Waals surface area contributed by atoms with Gasteiger partial charge in [-0.05, 0) is 44.5 Å². The van der Waals surface area contributed by atoms with Gasteiger partial charge < -0.3 is 10.1 Å². The van der Waals surface area contributed by atoms with E-state index < -0.39 is 11.9 Å². The molecule has 0 aromatic heterocycles. The molecule has 0 aliphatic heterocycles. The highest BCUT2D eigenvalue weighted by atomic mass is 32.2. The highest BCUT2D eigenvalue weighted by molar-refractivity contribution is 8.00. The number of benzene rings is 2. The predicted octanol–water partition coefficient (Wildman–Crippen LogP) is 3.78. The molecule has 26 heavy (non-hydrogen) atoms. The Balaban J connectivity index is 1.96. The highest BCUT2D eigenvalue weighted by Gasteiger charge is 2.15. The lowest BCUT2D eigenvalue weighted by Gasteiger charge is -2.11. The van der Waals surface area contributed by atoms with E-state index >= 15 is 0 Å². The van der Waals surface area contributed by atoms with Crippen LogP contribution in [0.3, 0.4) is 0 Å². The van der Waals surface area contributed by atoms with Crippen LogP contribution in [-0.4, -0.2) is 30.0 Å². The Kier molecular flexibility index (Phi) is 6.97. The van der Waals surface area contributed by atoms with Gasteiger partial charge in [0.05, 0.1) is 11.3 Å². The fraction of sp³-hybridized carbons (Fsp3) is 0.250. The average Bonchev–Trinajstić information content (AvgIpc) is 2.60. The zero-order valence-electron chi connectivity index (χ0n) is 15.0. The zero-order valence-corrected chi connectivity index (χ0v) is 15.8. The van der Waals surface area contributed by atoms with Crippen LogP contribution in [0.5, 0.6) is 0 Å². The van der Waals surface area contributed by atoms with Crippen LogP contribution in [0.15, 0.2) is 47.4 Å². The molecule has 2 aromatic carbocycles. The molecule has 0 bridgehead atoms. The second-order valence-corrected chi connectivity index (χ2v) is 6.95. The fourth-order valence-corrected chi connectivity index (χ4v) is 3.13. The molecule has 0 heterocycles. The lowest BCUT2D eigenvalue weighted by atomic mass is 10.1. The minimum Gasteiger partial charge on any atom is -0.452 e. The van der Waals surface area contributed by atoms with Gasteiger partial charge in [0.2, 0.25) is 0 Å². The minimum atomic E-state index is -0.590. The summed E-state index contributed by atoms with van der Waals surface area (Å²) in [4.78, 5) is 36.1. The first-order valence-corrected chi connectivity index (χ1v) is 9.11. The number of carbonyl (C=O) groups is 3. The van der Waals surface area contributed by atoms with E-state index in [-0.39, 0.29) is 18.1 Å². The van der Waals surface area contributed by atoms with Gasteiger partial charge in [-0.3, -0.25) is 9.59 Å². The number of rotatable bonds is 7. The van der Waals surface area contributed by atoms with Gasteiger partial charge in [0.1, 0.15) is 5.78 Å². The normalized spacial score (nSPS) is 10.3. The van der Waals surface area contributed by atoms with E-state index in [1.807, 2.05) is 32.0 Å². The number of hydrogen-bond acceptors (Lipinski definition) is 5. The monoisotopic (exact) mass is 371 g/mol. The number of ether oxygens (including phenoxy) is 1. The summed E-state index contributed by atoms with van der Waals surface area (Å²) in [7, 11) is 0. The maximum absolute atomic E-state index is 12.3. The summed E-state index contributed by atoms with van der Waals surface area (Å²) in [5.74, 6) is -0.699. The third-order valence-corrected chi connectivity index (χ3v) is 4.75. The molecule has 5 nitrogen and oxygen atoms in total. The summed E-state index contributed by atoms with van der Waals surface area (Å²) in [5, 5.41) is 2.73. The van der Waals surface area contributed by atoms with Crippen molar-refractivity contribution in [2.24, 2.45) is 0 Å².